The molecule has 2 heterocycles. The Balaban J connectivity index is 2.11. The van der Waals surface area contributed by atoms with E-state index in [9.17, 15) is 4.79 Å². The molecule has 0 radical (unpaired) electrons. The Morgan fingerprint density at radius 3 is 2.79 bits per heavy atom. The number of hydrogen-bond donors (Lipinski definition) is 1. The summed E-state index contributed by atoms with van der Waals surface area (Å²) >= 11 is 0. The highest BCUT2D eigenvalue weighted by molar-refractivity contribution is 5.77. The van der Waals surface area contributed by atoms with Crippen molar-refractivity contribution >= 4 is 12.1 Å². The molecule has 0 saturated heterocycles. The third kappa shape index (κ3) is 1.86. The van der Waals surface area contributed by atoms with Gasteiger partial charge < -0.3 is 9.88 Å². The zero-order chi connectivity index (χ0) is 13.6. The largest absolute Gasteiger partial charge is 0.360 e. The summed E-state index contributed by atoms with van der Waals surface area (Å²) in [5.74, 6) is 1.43. The van der Waals surface area contributed by atoms with Crippen molar-refractivity contribution in [2.75, 3.05) is 18.5 Å². The maximum Gasteiger partial charge on any atom is 0.166 e. The van der Waals surface area contributed by atoms with Crippen LogP contribution in [0, 0.1) is 13.8 Å². The van der Waals surface area contributed by atoms with Gasteiger partial charge in [0.05, 0.1) is 5.69 Å². The van der Waals surface area contributed by atoms with E-state index >= 15 is 0 Å². The average Bonchev–Trinajstić information content (AvgIpc) is 2.93. The number of aryl methyl sites for hydroxylation is 2. The van der Waals surface area contributed by atoms with Crippen molar-refractivity contribution in [1.82, 2.24) is 4.98 Å². The molecule has 0 fully saturated rings. The van der Waals surface area contributed by atoms with Gasteiger partial charge in [0, 0.05) is 25.1 Å². The van der Waals surface area contributed by atoms with Gasteiger partial charge in [-0.25, -0.2) is 0 Å². The predicted octanol–water partition coefficient (Wildman–Crippen LogP) is 3.03. The number of fused-ring (bicyclic) bond motifs is 1. The van der Waals surface area contributed by atoms with Gasteiger partial charge in [0.25, 0.3) is 0 Å². The molecule has 2 aromatic rings. The van der Waals surface area contributed by atoms with Crippen molar-refractivity contribution < 1.29 is 4.79 Å². The van der Waals surface area contributed by atoms with Crippen LogP contribution < -0.4 is 4.90 Å². The number of nitrogens with one attached hydrogen (secondary N) is 1. The summed E-state index contributed by atoms with van der Waals surface area (Å²) in [6.45, 7) is 5.24. The van der Waals surface area contributed by atoms with Crippen molar-refractivity contribution in [3.63, 3.8) is 0 Å². The monoisotopic (exact) mass is 254 g/mol. The zero-order valence-electron chi connectivity index (χ0n) is 11.5. The highest BCUT2D eigenvalue weighted by Gasteiger charge is 2.30. The van der Waals surface area contributed by atoms with E-state index in [1.54, 1.807) is 0 Å². The number of benzene rings is 1. The molecule has 0 aliphatic carbocycles. The molecule has 3 rings (SSSR count). The van der Waals surface area contributed by atoms with E-state index in [4.69, 9.17) is 0 Å². The van der Waals surface area contributed by atoms with Gasteiger partial charge in [-0.3, -0.25) is 4.79 Å². The van der Waals surface area contributed by atoms with Gasteiger partial charge in [-0.05, 0) is 31.0 Å². The number of hydrogen-bond acceptors (Lipinski definition) is 2. The third-order valence-electron chi connectivity index (χ3n) is 4.00. The van der Waals surface area contributed by atoms with Crippen LogP contribution in [0.5, 0.6) is 0 Å². The normalized spacial score (nSPS) is 17.6. The Morgan fingerprint density at radius 1 is 1.26 bits per heavy atom. The standard InChI is InChI=1S/C16H18N2O/c1-10-4-5-11(2)13(6-10)15-8-18(3)16-14(15)7-12(9-19)17-16/h4-7,9,15,17H,8H2,1-3H3. The number of nitrogens with zero attached hydrogens (tertiary/aromatic N) is 1. The number of aromatic nitrogens is 1. The van der Waals surface area contributed by atoms with Crippen molar-refractivity contribution in [3.05, 3.63) is 52.2 Å². The minimum atomic E-state index is 0.352. The molecule has 1 N–H and O–H groups in total. The second-order valence-electron chi connectivity index (χ2n) is 5.44. The third-order valence-corrected chi connectivity index (χ3v) is 4.00. The maximum atomic E-state index is 10.9. The number of aromatic amines is 1. The lowest BCUT2D eigenvalue weighted by atomic mass is 9.90. The number of rotatable bonds is 2. The van der Waals surface area contributed by atoms with Crippen molar-refractivity contribution in [1.29, 1.82) is 0 Å². The number of carbonyl (C=O) groups excluding carboxylic acids is 1. The Labute approximate surface area is 113 Å². The van der Waals surface area contributed by atoms with Crippen LogP contribution in [0.1, 0.15) is 38.7 Å². The van der Waals surface area contributed by atoms with E-state index in [1.165, 1.54) is 22.3 Å². The van der Waals surface area contributed by atoms with Crippen LogP contribution in [-0.2, 0) is 0 Å². The molecular formula is C16H18N2O. The minimum Gasteiger partial charge on any atom is -0.360 e. The first-order chi connectivity index (χ1) is 9.10. The van der Waals surface area contributed by atoms with Crippen LogP contribution in [0.4, 0.5) is 5.82 Å². The summed E-state index contributed by atoms with van der Waals surface area (Å²) in [5, 5.41) is 0. The van der Waals surface area contributed by atoms with E-state index in [2.05, 4.69) is 49.0 Å². The van der Waals surface area contributed by atoms with Gasteiger partial charge in [0.15, 0.2) is 6.29 Å². The fraction of sp³-hybridized carbons (Fsp3) is 0.312. The van der Waals surface area contributed by atoms with Gasteiger partial charge in [0.2, 0.25) is 0 Å². The second-order valence-corrected chi connectivity index (χ2v) is 5.44. The molecule has 1 aromatic carbocycles. The first kappa shape index (κ1) is 12.0. The first-order valence-corrected chi connectivity index (χ1v) is 6.56. The summed E-state index contributed by atoms with van der Waals surface area (Å²) in [6.07, 6.45) is 0.881. The van der Waals surface area contributed by atoms with Crippen LogP contribution in [0.3, 0.4) is 0 Å². The van der Waals surface area contributed by atoms with Crippen LogP contribution in [-0.4, -0.2) is 24.9 Å². The topological polar surface area (TPSA) is 36.1 Å². The van der Waals surface area contributed by atoms with Gasteiger partial charge in [-0.15, -0.1) is 0 Å². The highest BCUT2D eigenvalue weighted by atomic mass is 16.1. The first-order valence-electron chi connectivity index (χ1n) is 6.56. The van der Waals surface area contributed by atoms with Crippen molar-refractivity contribution in [2.45, 2.75) is 19.8 Å². The Kier molecular flexibility index (Phi) is 2.70. The highest BCUT2D eigenvalue weighted by Crippen LogP contribution is 2.40. The Morgan fingerprint density at radius 2 is 2.05 bits per heavy atom. The van der Waals surface area contributed by atoms with Crippen LogP contribution >= 0.6 is 0 Å². The molecule has 3 nitrogen and oxygen atoms in total. The molecule has 1 aliphatic heterocycles. The van der Waals surface area contributed by atoms with Crippen LogP contribution in [0.25, 0.3) is 0 Å². The van der Waals surface area contributed by atoms with Crippen molar-refractivity contribution in [2.24, 2.45) is 0 Å². The van der Waals surface area contributed by atoms with Crippen molar-refractivity contribution in [3.8, 4) is 0 Å². The van der Waals surface area contributed by atoms with E-state index in [1.807, 2.05) is 6.07 Å². The van der Waals surface area contributed by atoms with E-state index in [0.717, 1.165) is 18.6 Å². The van der Waals surface area contributed by atoms with Gasteiger partial charge in [0.1, 0.15) is 5.82 Å². The molecule has 1 unspecified atom stereocenters. The summed E-state index contributed by atoms with van der Waals surface area (Å²) in [6, 6.07) is 8.57. The van der Waals surface area contributed by atoms with E-state index in [0.29, 0.717) is 11.6 Å². The number of aldehydes is 1. The average molecular weight is 254 g/mol. The summed E-state index contributed by atoms with van der Waals surface area (Å²) in [7, 11) is 2.06. The molecule has 98 valence electrons. The molecule has 19 heavy (non-hydrogen) atoms. The lowest BCUT2D eigenvalue weighted by Gasteiger charge is -2.16. The molecule has 1 aromatic heterocycles. The molecule has 0 amide bonds. The van der Waals surface area contributed by atoms with Gasteiger partial charge in [-0.1, -0.05) is 23.8 Å². The van der Waals surface area contributed by atoms with Crippen LogP contribution in [0.2, 0.25) is 0 Å². The molecular weight excluding hydrogens is 236 g/mol. The Bertz CT molecular complexity index is 642. The number of anilines is 1. The fourth-order valence-electron chi connectivity index (χ4n) is 2.99. The predicted molar refractivity (Wildman–Crippen MR) is 77.2 cm³/mol. The number of carbonyl (C=O) groups is 1. The molecule has 3 heteroatoms. The zero-order valence-corrected chi connectivity index (χ0v) is 11.5. The SMILES string of the molecule is Cc1ccc(C)c(C2CN(C)c3[nH]c(C=O)cc32)c1. The summed E-state index contributed by atoms with van der Waals surface area (Å²) in [5.41, 5.74) is 5.85. The van der Waals surface area contributed by atoms with E-state index in [-0.39, 0.29) is 0 Å². The molecule has 1 aliphatic rings. The fourth-order valence-corrected chi connectivity index (χ4v) is 2.99. The Hall–Kier alpha value is -2.03. The lowest BCUT2D eigenvalue weighted by Crippen LogP contribution is -2.17. The molecule has 1 atom stereocenters. The van der Waals surface area contributed by atoms with E-state index < -0.39 is 0 Å². The summed E-state index contributed by atoms with van der Waals surface area (Å²) in [4.78, 5) is 16.3. The number of likely N-dealkylation sites (N-methyl/N-ethyl adjacent to an activating group) is 1. The number of H-pyrrole nitrogens is 1. The minimum absolute atomic E-state index is 0.352. The smallest absolute Gasteiger partial charge is 0.166 e. The molecule has 0 saturated carbocycles. The molecule has 0 spiro atoms. The quantitative estimate of drug-likeness (QED) is 0.836. The molecule has 0 bridgehead atoms. The maximum absolute atomic E-state index is 10.9. The van der Waals surface area contributed by atoms with Crippen LogP contribution in [0.15, 0.2) is 24.3 Å². The van der Waals surface area contributed by atoms with Gasteiger partial charge in [-0.2, -0.15) is 0 Å². The lowest BCUT2D eigenvalue weighted by molar-refractivity contribution is 0.111. The second kappa shape index (κ2) is 4.26. The van der Waals surface area contributed by atoms with Gasteiger partial charge >= 0.3 is 0 Å². The summed E-state index contributed by atoms with van der Waals surface area (Å²) < 4.78 is 0.